The van der Waals surface area contributed by atoms with Gasteiger partial charge in [0.25, 0.3) is 0 Å². The summed E-state index contributed by atoms with van der Waals surface area (Å²) < 4.78 is 0. The lowest BCUT2D eigenvalue weighted by Crippen LogP contribution is -2.55. The molecule has 0 bridgehead atoms. The van der Waals surface area contributed by atoms with Crippen molar-refractivity contribution in [2.75, 3.05) is 13.1 Å². The number of amides is 2. The van der Waals surface area contributed by atoms with Gasteiger partial charge in [-0.2, -0.15) is 0 Å². The topological polar surface area (TPSA) is 49.4 Å². The Bertz CT molecular complexity index is 386. The lowest BCUT2D eigenvalue weighted by Gasteiger charge is -2.31. The third-order valence-electron chi connectivity index (χ3n) is 3.77. The van der Waals surface area contributed by atoms with Gasteiger partial charge in [0.05, 0.1) is 0 Å². The van der Waals surface area contributed by atoms with Gasteiger partial charge in [0.2, 0.25) is 11.8 Å². The van der Waals surface area contributed by atoms with Gasteiger partial charge < -0.3 is 10.2 Å². The SMILES string of the molecule is CC(=CCl)CN1CCC(=O)NC2(CCCC2)C1=O. The highest BCUT2D eigenvalue weighted by Gasteiger charge is 2.46. The van der Waals surface area contributed by atoms with E-state index in [-0.39, 0.29) is 11.8 Å². The van der Waals surface area contributed by atoms with Crippen LogP contribution in [0.4, 0.5) is 0 Å². The van der Waals surface area contributed by atoms with Crippen LogP contribution in [-0.4, -0.2) is 35.3 Å². The van der Waals surface area contributed by atoms with Gasteiger partial charge in [-0.1, -0.05) is 24.4 Å². The summed E-state index contributed by atoms with van der Waals surface area (Å²) in [4.78, 5) is 26.1. The van der Waals surface area contributed by atoms with Gasteiger partial charge in [0.1, 0.15) is 5.54 Å². The molecule has 100 valence electrons. The third kappa shape index (κ3) is 2.53. The monoisotopic (exact) mass is 270 g/mol. The van der Waals surface area contributed by atoms with Crippen molar-refractivity contribution in [3.63, 3.8) is 0 Å². The molecule has 0 aromatic heterocycles. The molecule has 0 unspecified atom stereocenters. The second kappa shape index (κ2) is 5.31. The van der Waals surface area contributed by atoms with Crippen molar-refractivity contribution in [1.82, 2.24) is 10.2 Å². The zero-order valence-electron chi connectivity index (χ0n) is 10.7. The first kappa shape index (κ1) is 13.4. The summed E-state index contributed by atoms with van der Waals surface area (Å²) in [7, 11) is 0. The maximum atomic E-state index is 12.6. The molecule has 2 fully saturated rings. The molecule has 0 atom stereocenters. The molecule has 0 aromatic rings. The second-order valence-corrected chi connectivity index (χ2v) is 5.49. The molecule has 1 aliphatic carbocycles. The fourth-order valence-electron chi connectivity index (χ4n) is 2.83. The summed E-state index contributed by atoms with van der Waals surface area (Å²) in [6.07, 6.45) is 3.91. The molecular formula is C13H19ClN2O2. The van der Waals surface area contributed by atoms with E-state index in [9.17, 15) is 9.59 Å². The highest BCUT2D eigenvalue weighted by molar-refractivity contribution is 6.25. The van der Waals surface area contributed by atoms with E-state index >= 15 is 0 Å². The number of nitrogens with one attached hydrogen (secondary N) is 1. The molecule has 5 heteroatoms. The fourth-order valence-corrected chi connectivity index (χ4v) is 2.90. The fraction of sp³-hybridized carbons (Fsp3) is 0.692. The van der Waals surface area contributed by atoms with Crippen LogP contribution in [0.5, 0.6) is 0 Å². The standard InChI is InChI=1S/C13H19ClN2O2/c1-10(8-14)9-16-7-4-11(17)15-13(12(16)18)5-2-3-6-13/h8H,2-7,9H2,1H3,(H,15,17). The van der Waals surface area contributed by atoms with Crippen LogP contribution in [0.15, 0.2) is 11.1 Å². The summed E-state index contributed by atoms with van der Waals surface area (Å²) in [6, 6.07) is 0. The van der Waals surface area contributed by atoms with Gasteiger partial charge in [-0.05, 0) is 25.3 Å². The zero-order valence-corrected chi connectivity index (χ0v) is 11.4. The largest absolute Gasteiger partial charge is 0.342 e. The predicted molar refractivity (Wildman–Crippen MR) is 70.1 cm³/mol. The molecule has 0 radical (unpaired) electrons. The second-order valence-electron chi connectivity index (χ2n) is 5.27. The summed E-state index contributed by atoms with van der Waals surface area (Å²) >= 11 is 5.66. The Labute approximate surface area is 112 Å². The van der Waals surface area contributed by atoms with Crippen molar-refractivity contribution in [3.05, 3.63) is 11.1 Å². The summed E-state index contributed by atoms with van der Waals surface area (Å²) in [5, 5.41) is 2.94. The van der Waals surface area contributed by atoms with Crippen LogP contribution in [0.1, 0.15) is 39.0 Å². The molecule has 1 saturated carbocycles. The van der Waals surface area contributed by atoms with E-state index in [1.807, 2.05) is 6.92 Å². The van der Waals surface area contributed by atoms with Crippen molar-refractivity contribution >= 4 is 23.4 Å². The van der Waals surface area contributed by atoms with Crippen molar-refractivity contribution in [2.24, 2.45) is 0 Å². The molecule has 1 aliphatic heterocycles. The van der Waals surface area contributed by atoms with E-state index in [0.717, 1.165) is 31.3 Å². The van der Waals surface area contributed by atoms with E-state index in [4.69, 9.17) is 11.6 Å². The van der Waals surface area contributed by atoms with Crippen molar-refractivity contribution in [1.29, 1.82) is 0 Å². The van der Waals surface area contributed by atoms with E-state index in [2.05, 4.69) is 5.32 Å². The molecule has 2 rings (SSSR count). The summed E-state index contributed by atoms with van der Waals surface area (Å²) in [6.45, 7) is 2.88. The average Bonchev–Trinajstić information content (AvgIpc) is 2.78. The van der Waals surface area contributed by atoms with E-state index in [0.29, 0.717) is 19.5 Å². The first-order valence-electron chi connectivity index (χ1n) is 6.44. The number of nitrogens with zero attached hydrogens (tertiary/aromatic N) is 1. The minimum Gasteiger partial charge on any atom is -0.342 e. The minimum absolute atomic E-state index is 0.0137. The maximum Gasteiger partial charge on any atom is 0.248 e. The zero-order chi connectivity index (χ0) is 13.2. The van der Waals surface area contributed by atoms with Gasteiger partial charge >= 0.3 is 0 Å². The Balaban J connectivity index is 2.21. The predicted octanol–water partition coefficient (Wildman–Crippen LogP) is 1.79. The molecule has 2 amide bonds. The maximum absolute atomic E-state index is 12.6. The van der Waals surface area contributed by atoms with Crippen LogP contribution in [0.2, 0.25) is 0 Å². The van der Waals surface area contributed by atoms with Crippen molar-refractivity contribution in [2.45, 2.75) is 44.6 Å². The van der Waals surface area contributed by atoms with Crippen LogP contribution in [0, 0.1) is 0 Å². The van der Waals surface area contributed by atoms with Gasteiger partial charge in [0, 0.05) is 25.0 Å². The average molecular weight is 271 g/mol. The molecule has 1 heterocycles. The molecule has 0 aromatic carbocycles. The number of carbonyl (C=O) groups excluding carboxylic acids is 2. The van der Waals surface area contributed by atoms with E-state index < -0.39 is 5.54 Å². The summed E-state index contributed by atoms with van der Waals surface area (Å²) in [5.74, 6) is 0.0453. The Kier molecular flexibility index (Phi) is 3.95. The van der Waals surface area contributed by atoms with Crippen LogP contribution in [0.3, 0.4) is 0 Å². The minimum atomic E-state index is -0.639. The molecule has 4 nitrogen and oxygen atoms in total. The van der Waals surface area contributed by atoms with Gasteiger partial charge in [-0.25, -0.2) is 0 Å². The quantitative estimate of drug-likeness (QED) is 0.832. The Morgan fingerprint density at radius 1 is 1.44 bits per heavy atom. The Morgan fingerprint density at radius 2 is 2.11 bits per heavy atom. The van der Waals surface area contributed by atoms with Crippen LogP contribution >= 0.6 is 11.6 Å². The normalized spacial score (nSPS) is 24.3. The van der Waals surface area contributed by atoms with Gasteiger partial charge in [0.15, 0.2) is 0 Å². The number of hydrogen-bond acceptors (Lipinski definition) is 2. The van der Waals surface area contributed by atoms with E-state index in [1.54, 1.807) is 4.90 Å². The molecule has 1 N–H and O–H groups in total. The first-order chi connectivity index (χ1) is 8.57. The van der Waals surface area contributed by atoms with E-state index in [1.165, 1.54) is 5.54 Å². The van der Waals surface area contributed by atoms with Crippen LogP contribution < -0.4 is 5.32 Å². The third-order valence-corrected chi connectivity index (χ3v) is 4.14. The highest BCUT2D eigenvalue weighted by atomic mass is 35.5. The Hall–Kier alpha value is -1.03. The molecule has 2 aliphatic rings. The lowest BCUT2D eigenvalue weighted by atomic mass is 9.95. The van der Waals surface area contributed by atoms with Crippen LogP contribution in [-0.2, 0) is 9.59 Å². The highest BCUT2D eigenvalue weighted by Crippen LogP contribution is 2.33. The first-order valence-corrected chi connectivity index (χ1v) is 6.87. The van der Waals surface area contributed by atoms with Gasteiger partial charge in [-0.3, -0.25) is 9.59 Å². The molecule has 18 heavy (non-hydrogen) atoms. The Morgan fingerprint density at radius 3 is 2.72 bits per heavy atom. The van der Waals surface area contributed by atoms with Gasteiger partial charge in [-0.15, -0.1) is 0 Å². The summed E-state index contributed by atoms with van der Waals surface area (Å²) in [5.41, 5.74) is 1.79. The number of hydrogen-bond donors (Lipinski definition) is 1. The molecule has 1 saturated heterocycles. The lowest BCUT2D eigenvalue weighted by molar-refractivity contribution is -0.138. The number of carbonyl (C=O) groups is 2. The van der Waals surface area contributed by atoms with Crippen molar-refractivity contribution < 1.29 is 9.59 Å². The molecular weight excluding hydrogens is 252 g/mol. The smallest absolute Gasteiger partial charge is 0.248 e. The number of halogens is 1. The molecule has 1 spiro atoms. The van der Waals surface area contributed by atoms with Crippen molar-refractivity contribution in [3.8, 4) is 0 Å². The number of rotatable bonds is 2. The van der Waals surface area contributed by atoms with Crippen LogP contribution in [0.25, 0.3) is 0 Å².